The third kappa shape index (κ3) is 4.38. The number of amides is 2. The third-order valence-corrected chi connectivity index (χ3v) is 5.99. The maximum Gasteiger partial charge on any atom is 0.233 e. The number of nitrogens with zero attached hydrogens (tertiary/aromatic N) is 2. The summed E-state index contributed by atoms with van der Waals surface area (Å²) in [5.41, 5.74) is 0.957. The Bertz CT molecular complexity index is 625. The van der Waals surface area contributed by atoms with Crippen LogP contribution in [-0.4, -0.2) is 47.0 Å². The first kappa shape index (κ1) is 19.4. The predicted molar refractivity (Wildman–Crippen MR) is 100 cm³/mol. The predicted octanol–water partition coefficient (Wildman–Crippen LogP) is 4.07. The van der Waals surface area contributed by atoms with E-state index in [2.05, 4.69) is 0 Å². The fourth-order valence-electron chi connectivity index (χ4n) is 2.66. The number of benzene rings is 1. The van der Waals surface area contributed by atoms with Crippen LogP contribution >= 0.6 is 35.0 Å². The van der Waals surface area contributed by atoms with E-state index in [1.807, 2.05) is 37.8 Å². The van der Waals surface area contributed by atoms with Crippen LogP contribution in [0.4, 0.5) is 0 Å². The van der Waals surface area contributed by atoms with Crippen molar-refractivity contribution in [2.75, 3.05) is 25.4 Å². The van der Waals surface area contributed by atoms with Gasteiger partial charge in [-0.1, -0.05) is 43.1 Å². The maximum absolute atomic E-state index is 12.3. The monoisotopic (exact) mass is 388 g/mol. The van der Waals surface area contributed by atoms with Gasteiger partial charge in [-0.2, -0.15) is 0 Å². The molecule has 1 atom stereocenters. The van der Waals surface area contributed by atoms with Crippen molar-refractivity contribution in [1.82, 2.24) is 9.80 Å². The number of hydrogen-bond donors (Lipinski definition) is 0. The molecule has 4 nitrogen and oxygen atoms in total. The van der Waals surface area contributed by atoms with Gasteiger partial charge in [0.15, 0.2) is 0 Å². The number of carbonyl (C=O) groups is 2. The Morgan fingerprint density at radius 3 is 2.67 bits per heavy atom. The second-order valence-corrected chi connectivity index (χ2v) is 7.88. The SMILES string of the molecule is CCN(CCN1C(=O)CS[C@H]1c1ccc(Cl)c(Cl)c1)C(=O)C(C)C. The average Bonchev–Trinajstić information content (AvgIpc) is 2.91. The Balaban J connectivity index is 2.10. The first-order chi connectivity index (χ1) is 11.3. The van der Waals surface area contributed by atoms with Crippen molar-refractivity contribution in [2.24, 2.45) is 5.92 Å². The van der Waals surface area contributed by atoms with Crippen LogP contribution in [0.3, 0.4) is 0 Å². The van der Waals surface area contributed by atoms with Crippen LogP contribution < -0.4 is 0 Å². The molecule has 0 bridgehead atoms. The quantitative estimate of drug-likeness (QED) is 0.737. The van der Waals surface area contributed by atoms with E-state index in [-0.39, 0.29) is 23.1 Å². The molecule has 24 heavy (non-hydrogen) atoms. The number of rotatable bonds is 6. The van der Waals surface area contributed by atoms with Crippen molar-refractivity contribution in [3.05, 3.63) is 33.8 Å². The number of hydrogen-bond acceptors (Lipinski definition) is 3. The largest absolute Gasteiger partial charge is 0.341 e. The summed E-state index contributed by atoms with van der Waals surface area (Å²) in [5.74, 6) is 0.598. The zero-order valence-electron chi connectivity index (χ0n) is 14.1. The standard InChI is InChI=1S/C17H22Cl2N2O2S/c1-4-20(16(23)11(2)3)7-8-21-15(22)10-24-17(21)12-5-6-13(18)14(19)9-12/h5-6,9,11,17H,4,7-8,10H2,1-3H3/t17-/m0/s1. The lowest BCUT2D eigenvalue weighted by molar-refractivity contribution is -0.136. The highest BCUT2D eigenvalue weighted by molar-refractivity contribution is 8.00. The van der Waals surface area contributed by atoms with Crippen molar-refractivity contribution < 1.29 is 9.59 Å². The lowest BCUT2D eigenvalue weighted by Gasteiger charge is -2.29. The van der Waals surface area contributed by atoms with Gasteiger partial charge in [-0.25, -0.2) is 0 Å². The summed E-state index contributed by atoms with van der Waals surface area (Å²) >= 11 is 13.7. The highest BCUT2D eigenvalue weighted by Crippen LogP contribution is 2.40. The lowest BCUT2D eigenvalue weighted by atomic mass is 10.2. The van der Waals surface area contributed by atoms with E-state index in [4.69, 9.17) is 23.2 Å². The fraction of sp³-hybridized carbons (Fsp3) is 0.529. The molecule has 0 radical (unpaired) electrons. The highest BCUT2D eigenvalue weighted by Gasteiger charge is 2.33. The van der Waals surface area contributed by atoms with Gasteiger partial charge in [-0.3, -0.25) is 9.59 Å². The molecule has 2 amide bonds. The molecule has 0 N–H and O–H groups in total. The smallest absolute Gasteiger partial charge is 0.233 e. The van der Waals surface area contributed by atoms with Crippen LogP contribution in [0, 0.1) is 5.92 Å². The van der Waals surface area contributed by atoms with Crippen LogP contribution in [0.15, 0.2) is 18.2 Å². The summed E-state index contributed by atoms with van der Waals surface area (Å²) < 4.78 is 0. The summed E-state index contributed by atoms with van der Waals surface area (Å²) in [6, 6.07) is 5.46. The van der Waals surface area contributed by atoms with Crippen LogP contribution in [0.2, 0.25) is 10.0 Å². The first-order valence-electron chi connectivity index (χ1n) is 8.00. The Kier molecular flexibility index (Phi) is 6.84. The molecule has 0 spiro atoms. The van der Waals surface area contributed by atoms with Crippen molar-refractivity contribution in [3.8, 4) is 0 Å². The molecule has 132 valence electrons. The van der Waals surface area contributed by atoms with E-state index < -0.39 is 0 Å². The number of halogens is 2. The van der Waals surface area contributed by atoms with Gasteiger partial charge >= 0.3 is 0 Å². The molecule has 0 saturated carbocycles. The van der Waals surface area contributed by atoms with Gasteiger partial charge < -0.3 is 9.80 Å². The molecule has 7 heteroatoms. The molecule has 1 aliphatic rings. The molecule has 1 fully saturated rings. The maximum atomic E-state index is 12.3. The molecule has 0 unspecified atom stereocenters. The molecule has 1 aliphatic heterocycles. The molecule has 1 heterocycles. The van der Waals surface area contributed by atoms with Gasteiger partial charge in [-0.05, 0) is 24.6 Å². The Morgan fingerprint density at radius 1 is 1.38 bits per heavy atom. The van der Waals surface area contributed by atoms with E-state index in [9.17, 15) is 9.59 Å². The number of carbonyl (C=O) groups excluding carboxylic acids is 2. The van der Waals surface area contributed by atoms with Gasteiger partial charge in [0.05, 0.1) is 15.8 Å². The Morgan fingerprint density at radius 2 is 2.08 bits per heavy atom. The molecule has 1 aromatic carbocycles. The van der Waals surface area contributed by atoms with Crippen molar-refractivity contribution >= 4 is 46.8 Å². The van der Waals surface area contributed by atoms with Crippen molar-refractivity contribution in [2.45, 2.75) is 26.1 Å². The molecule has 1 aromatic rings. The second kappa shape index (κ2) is 8.45. The zero-order valence-corrected chi connectivity index (χ0v) is 16.4. The van der Waals surface area contributed by atoms with E-state index in [1.165, 1.54) is 0 Å². The van der Waals surface area contributed by atoms with Gasteiger partial charge in [0.25, 0.3) is 0 Å². The van der Waals surface area contributed by atoms with Crippen LogP contribution in [0.1, 0.15) is 31.7 Å². The summed E-state index contributed by atoms with van der Waals surface area (Å²) in [6.45, 7) is 7.43. The van der Waals surface area contributed by atoms with Crippen LogP contribution in [-0.2, 0) is 9.59 Å². The minimum absolute atomic E-state index is 0.0422. The van der Waals surface area contributed by atoms with Gasteiger partial charge in [0.2, 0.25) is 11.8 Å². The summed E-state index contributed by atoms with van der Waals surface area (Å²) in [5, 5.41) is 0.903. The number of likely N-dealkylation sites (N-methyl/N-ethyl adjacent to an activating group) is 1. The van der Waals surface area contributed by atoms with Crippen molar-refractivity contribution in [1.29, 1.82) is 0 Å². The zero-order chi connectivity index (χ0) is 17.9. The van der Waals surface area contributed by atoms with Gasteiger partial charge in [0.1, 0.15) is 5.37 Å². The molecular weight excluding hydrogens is 367 g/mol. The van der Waals surface area contributed by atoms with E-state index in [0.717, 1.165) is 5.56 Å². The molecular formula is C17H22Cl2N2O2S. The Hall–Kier alpha value is -0.910. The second-order valence-electron chi connectivity index (χ2n) is 6.00. The molecule has 0 aromatic heterocycles. The topological polar surface area (TPSA) is 40.6 Å². The summed E-state index contributed by atoms with van der Waals surface area (Å²) in [4.78, 5) is 28.1. The molecule has 1 saturated heterocycles. The Labute approximate surface area is 157 Å². The van der Waals surface area contributed by atoms with Gasteiger partial charge in [-0.15, -0.1) is 11.8 Å². The van der Waals surface area contributed by atoms with Crippen molar-refractivity contribution in [3.63, 3.8) is 0 Å². The molecule has 2 rings (SSSR count). The van der Waals surface area contributed by atoms with E-state index in [0.29, 0.717) is 35.4 Å². The van der Waals surface area contributed by atoms with Gasteiger partial charge in [0, 0.05) is 25.6 Å². The lowest BCUT2D eigenvalue weighted by Crippen LogP contribution is -2.41. The minimum atomic E-state index is -0.0832. The summed E-state index contributed by atoms with van der Waals surface area (Å²) in [7, 11) is 0. The van der Waals surface area contributed by atoms with E-state index in [1.54, 1.807) is 22.7 Å². The van der Waals surface area contributed by atoms with Crippen LogP contribution in [0.25, 0.3) is 0 Å². The molecule has 0 aliphatic carbocycles. The first-order valence-corrected chi connectivity index (χ1v) is 9.80. The highest BCUT2D eigenvalue weighted by atomic mass is 35.5. The summed E-state index contributed by atoms with van der Waals surface area (Å²) in [6.07, 6.45) is 0. The van der Waals surface area contributed by atoms with Crippen LogP contribution in [0.5, 0.6) is 0 Å². The minimum Gasteiger partial charge on any atom is -0.341 e. The normalized spacial score (nSPS) is 17.7. The third-order valence-electron chi connectivity index (χ3n) is 4.00. The average molecular weight is 389 g/mol. The fourth-order valence-corrected chi connectivity index (χ4v) is 4.17. The van der Waals surface area contributed by atoms with E-state index >= 15 is 0 Å². The number of thioether (sulfide) groups is 1.